The van der Waals surface area contributed by atoms with Gasteiger partial charge in [0.25, 0.3) is 5.91 Å². The number of pyridine rings is 1. The molecule has 164 valence electrons. The number of carbonyl (C=O) groups is 1. The number of hydrogen-bond donors (Lipinski definition) is 1. The van der Waals surface area contributed by atoms with Crippen molar-refractivity contribution in [3.05, 3.63) is 88.7 Å². The number of fused-ring (bicyclic) bond motifs is 1. The zero-order valence-corrected chi connectivity index (χ0v) is 18.2. The summed E-state index contributed by atoms with van der Waals surface area (Å²) in [6, 6.07) is 14.5. The Morgan fingerprint density at radius 3 is 2.47 bits per heavy atom. The SMILES string of the molecule is CN(C(=O)c1ccncc1)c1ccc(CNS(=O)(=O)c2ccc3c(c2)oc(=O)n3C)cc1. The lowest BCUT2D eigenvalue weighted by Gasteiger charge is -2.17. The molecule has 1 N–H and O–H groups in total. The van der Waals surface area contributed by atoms with Crippen molar-refractivity contribution in [1.82, 2.24) is 14.3 Å². The molecule has 0 aliphatic carbocycles. The minimum absolute atomic E-state index is 0.00125. The van der Waals surface area contributed by atoms with Gasteiger partial charge < -0.3 is 9.32 Å². The molecule has 0 atom stereocenters. The van der Waals surface area contributed by atoms with Gasteiger partial charge in [-0.25, -0.2) is 17.9 Å². The van der Waals surface area contributed by atoms with Crippen LogP contribution < -0.4 is 15.4 Å². The highest BCUT2D eigenvalue weighted by Crippen LogP contribution is 2.19. The van der Waals surface area contributed by atoms with Gasteiger partial charge in [0, 0.05) is 50.4 Å². The quantitative estimate of drug-likeness (QED) is 0.480. The number of carbonyl (C=O) groups excluding carboxylic acids is 1. The summed E-state index contributed by atoms with van der Waals surface area (Å²) in [4.78, 5) is 29.6. The Labute approximate surface area is 184 Å². The van der Waals surface area contributed by atoms with Gasteiger partial charge in [-0.15, -0.1) is 0 Å². The maximum absolute atomic E-state index is 12.7. The number of aryl methyl sites for hydroxylation is 1. The summed E-state index contributed by atoms with van der Waals surface area (Å²) in [5.41, 5.74) is 2.62. The van der Waals surface area contributed by atoms with E-state index in [9.17, 15) is 18.0 Å². The number of amides is 1. The van der Waals surface area contributed by atoms with E-state index < -0.39 is 15.8 Å². The summed E-state index contributed by atoms with van der Waals surface area (Å²) in [6.45, 7) is 0.0569. The Kier molecular flexibility index (Phi) is 5.64. The maximum atomic E-state index is 12.7. The van der Waals surface area contributed by atoms with Crippen LogP contribution in [0.25, 0.3) is 11.1 Å². The van der Waals surface area contributed by atoms with E-state index in [0.29, 0.717) is 16.8 Å². The van der Waals surface area contributed by atoms with Gasteiger partial charge in [-0.1, -0.05) is 12.1 Å². The molecule has 9 nitrogen and oxygen atoms in total. The molecule has 2 aromatic heterocycles. The van der Waals surface area contributed by atoms with Crippen LogP contribution in [-0.2, 0) is 23.6 Å². The highest BCUT2D eigenvalue weighted by Gasteiger charge is 2.17. The van der Waals surface area contributed by atoms with Crippen LogP contribution in [0.15, 0.2) is 81.1 Å². The molecule has 0 saturated heterocycles. The molecular formula is C22H20N4O5S. The summed E-state index contributed by atoms with van der Waals surface area (Å²) in [7, 11) is -0.608. The lowest BCUT2D eigenvalue weighted by molar-refractivity contribution is 0.0993. The second kappa shape index (κ2) is 8.40. The average molecular weight is 452 g/mol. The minimum atomic E-state index is -3.82. The van der Waals surface area contributed by atoms with Crippen LogP contribution >= 0.6 is 0 Å². The zero-order chi connectivity index (χ0) is 22.9. The van der Waals surface area contributed by atoms with Crippen LogP contribution in [0.5, 0.6) is 0 Å². The van der Waals surface area contributed by atoms with Crippen molar-refractivity contribution in [3.8, 4) is 0 Å². The number of rotatable bonds is 6. The van der Waals surface area contributed by atoms with Gasteiger partial charge in [-0.2, -0.15) is 0 Å². The minimum Gasteiger partial charge on any atom is -0.408 e. The third-order valence-corrected chi connectivity index (χ3v) is 6.49. The molecule has 4 rings (SSSR count). The molecule has 4 aromatic rings. The molecule has 2 aromatic carbocycles. The molecular weight excluding hydrogens is 432 g/mol. The molecule has 0 unspecified atom stereocenters. The van der Waals surface area contributed by atoms with E-state index in [1.54, 1.807) is 62.9 Å². The van der Waals surface area contributed by atoms with Crippen LogP contribution in [0, 0.1) is 0 Å². The first kappa shape index (κ1) is 21.5. The van der Waals surface area contributed by atoms with Gasteiger partial charge in [0.15, 0.2) is 5.58 Å². The average Bonchev–Trinajstić information content (AvgIpc) is 3.10. The van der Waals surface area contributed by atoms with Crippen LogP contribution in [0.3, 0.4) is 0 Å². The van der Waals surface area contributed by atoms with E-state index in [0.717, 1.165) is 5.56 Å². The topological polar surface area (TPSA) is 115 Å². The molecule has 32 heavy (non-hydrogen) atoms. The molecule has 10 heteroatoms. The number of nitrogens with one attached hydrogen (secondary N) is 1. The fourth-order valence-corrected chi connectivity index (χ4v) is 4.22. The van der Waals surface area contributed by atoms with Crippen LogP contribution in [0.2, 0.25) is 0 Å². The molecule has 0 radical (unpaired) electrons. The summed E-state index contributed by atoms with van der Waals surface area (Å²) >= 11 is 0. The Hall–Kier alpha value is -3.76. The molecule has 0 aliphatic rings. The number of sulfonamides is 1. The third-order valence-electron chi connectivity index (χ3n) is 5.10. The number of hydrogen-bond acceptors (Lipinski definition) is 6. The smallest absolute Gasteiger partial charge is 0.408 e. The van der Waals surface area contributed by atoms with E-state index in [1.165, 1.54) is 27.7 Å². The normalized spacial score (nSPS) is 11.6. The van der Waals surface area contributed by atoms with Crippen LogP contribution in [0.1, 0.15) is 15.9 Å². The molecule has 0 fully saturated rings. The molecule has 1 amide bonds. The predicted molar refractivity (Wildman–Crippen MR) is 119 cm³/mol. The van der Waals surface area contributed by atoms with Crippen molar-refractivity contribution in [2.45, 2.75) is 11.4 Å². The Bertz CT molecular complexity index is 1440. The Morgan fingerprint density at radius 1 is 1.09 bits per heavy atom. The Balaban J connectivity index is 1.45. The lowest BCUT2D eigenvalue weighted by atomic mass is 10.2. The highest BCUT2D eigenvalue weighted by atomic mass is 32.2. The number of benzene rings is 2. The molecule has 0 bridgehead atoms. The van der Waals surface area contributed by atoms with Gasteiger partial charge in [0.1, 0.15) is 0 Å². The summed E-state index contributed by atoms with van der Waals surface area (Å²) in [6.07, 6.45) is 3.11. The van der Waals surface area contributed by atoms with Crippen molar-refractivity contribution in [2.75, 3.05) is 11.9 Å². The second-order valence-electron chi connectivity index (χ2n) is 7.15. The van der Waals surface area contributed by atoms with E-state index in [-0.39, 0.29) is 22.9 Å². The third kappa shape index (κ3) is 4.18. The Morgan fingerprint density at radius 2 is 1.78 bits per heavy atom. The van der Waals surface area contributed by atoms with Crippen molar-refractivity contribution in [3.63, 3.8) is 0 Å². The van der Waals surface area contributed by atoms with Crippen molar-refractivity contribution in [2.24, 2.45) is 7.05 Å². The standard InChI is InChI=1S/C22H20N4O5S/c1-25(21(27)16-9-11-23-12-10-16)17-5-3-15(4-6-17)14-24-32(29,30)18-7-8-19-20(13-18)31-22(28)26(19)2/h3-13,24H,14H2,1-2H3. The van der Waals surface area contributed by atoms with E-state index in [1.807, 2.05) is 0 Å². The fourth-order valence-electron chi connectivity index (χ4n) is 3.19. The van der Waals surface area contributed by atoms with Gasteiger partial charge in [0.2, 0.25) is 10.0 Å². The summed E-state index contributed by atoms with van der Waals surface area (Å²) in [5, 5.41) is 0. The molecule has 0 spiro atoms. The van der Waals surface area contributed by atoms with Crippen molar-refractivity contribution in [1.29, 1.82) is 0 Å². The molecule has 0 saturated carbocycles. The lowest BCUT2D eigenvalue weighted by Crippen LogP contribution is -2.26. The fraction of sp³-hybridized carbons (Fsp3) is 0.136. The van der Waals surface area contributed by atoms with Gasteiger partial charge in [-0.3, -0.25) is 14.3 Å². The van der Waals surface area contributed by atoms with E-state index in [2.05, 4.69) is 9.71 Å². The van der Waals surface area contributed by atoms with Gasteiger partial charge in [0.05, 0.1) is 10.4 Å². The predicted octanol–water partition coefficient (Wildman–Crippen LogP) is 2.28. The first-order chi connectivity index (χ1) is 15.3. The highest BCUT2D eigenvalue weighted by molar-refractivity contribution is 7.89. The maximum Gasteiger partial charge on any atom is 0.419 e. The number of anilines is 1. The van der Waals surface area contributed by atoms with Crippen molar-refractivity contribution >= 4 is 32.7 Å². The molecule has 2 heterocycles. The van der Waals surface area contributed by atoms with E-state index in [4.69, 9.17) is 4.42 Å². The molecule has 0 aliphatic heterocycles. The van der Waals surface area contributed by atoms with Crippen LogP contribution in [0.4, 0.5) is 5.69 Å². The monoisotopic (exact) mass is 452 g/mol. The number of nitrogens with zero attached hydrogens (tertiary/aromatic N) is 3. The number of aromatic nitrogens is 2. The largest absolute Gasteiger partial charge is 0.419 e. The van der Waals surface area contributed by atoms with Crippen LogP contribution in [-0.4, -0.2) is 30.9 Å². The first-order valence-electron chi connectivity index (χ1n) is 9.62. The van der Waals surface area contributed by atoms with Crippen molar-refractivity contribution < 1.29 is 17.6 Å². The van der Waals surface area contributed by atoms with Gasteiger partial charge in [-0.05, 0) is 42.0 Å². The van der Waals surface area contributed by atoms with E-state index >= 15 is 0 Å². The zero-order valence-electron chi connectivity index (χ0n) is 17.3. The second-order valence-corrected chi connectivity index (χ2v) is 8.91. The first-order valence-corrected chi connectivity index (χ1v) is 11.1. The summed E-state index contributed by atoms with van der Waals surface area (Å²) < 4.78 is 34.2. The summed E-state index contributed by atoms with van der Waals surface area (Å²) in [5.74, 6) is -0.737. The van der Waals surface area contributed by atoms with Gasteiger partial charge >= 0.3 is 5.76 Å². The number of oxazole rings is 1.